The third-order valence-corrected chi connectivity index (χ3v) is 7.12. The van der Waals surface area contributed by atoms with Crippen molar-refractivity contribution >= 4 is 21.4 Å². The molecule has 9 heteroatoms. The maximum atomic E-state index is 12.6. The van der Waals surface area contributed by atoms with E-state index in [1.807, 2.05) is 66.5 Å². The minimum absolute atomic E-state index is 0.0144. The van der Waals surface area contributed by atoms with Gasteiger partial charge in [-0.3, -0.25) is 5.41 Å². The standard InChI is InChI=1S/C26H33N5O3S/c1-31(18-24(32)17-30-23-11-7-22(8-12-23)26(27)28)16-15-29-19-35(33,34)25-13-9-21(10-14-25)20-5-3-2-4-6-20/h2-14,24,29-30,32H,15-19H2,1H3,(H3,27,28). The summed E-state index contributed by atoms with van der Waals surface area (Å²) in [5.74, 6) is -0.133. The molecule has 0 saturated heterocycles. The van der Waals surface area contributed by atoms with Crippen molar-refractivity contribution in [1.29, 1.82) is 5.41 Å². The minimum atomic E-state index is -3.44. The molecule has 0 saturated carbocycles. The molecule has 0 aliphatic carbocycles. The summed E-state index contributed by atoms with van der Waals surface area (Å²) in [6.07, 6.45) is -0.598. The molecule has 1 atom stereocenters. The highest BCUT2D eigenvalue weighted by Crippen LogP contribution is 2.21. The second-order valence-electron chi connectivity index (χ2n) is 8.44. The Bertz CT molecular complexity index is 1180. The first-order chi connectivity index (χ1) is 16.7. The Morgan fingerprint density at radius 3 is 2.26 bits per heavy atom. The number of nitrogens with two attached hydrogens (primary N) is 1. The largest absolute Gasteiger partial charge is 0.390 e. The van der Waals surface area contributed by atoms with Gasteiger partial charge >= 0.3 is 0 Å². The number of nitrogens with one attached hydrogen (secondary N) is 3. The van der Waals surface area contributed by atoms with Crippen LogP contribution < -0.4 is 16.4 Å². The number of anilines is 1. The number of hydrogen-bond acceptors (Lipinski definition) is 7. The molecule has 0 aromatic heterocycles. The van der Waals surface area contributed by atoms with Gasteiger partial charge in [-0.25, -0.2) is 8.42 Å². The Balaban J connectivity index is 1.37. The lowest BCUT2D eigenvalue weighted by Gasteiger charge is -2.21. The first kappa shape index (κ1) is 26.4. The molecule has 0 spiro atoms. The lowest BCUT2D eigenvalue weighted by Crippen LogP contribution is -2.38. The zero-order valence-corrected chi connectivity index (χ0v) is 20.6. The molecular weight excluding hydrogens is 462 g/mol. The van der Waals surface area contributed by atoms with Crippen LogP contribution in [0.25, 0.3) is 11.1 Å². The summed E-state index contributed by atoms with van der Waals surface area (Å²) in [6.45, 7) is 1.87. The summed E-state index contributed by atoms with van der Waals surface area (Å²) in [7, 11) is -1.56. The van der Waals surface area contributed by atoms with E-state index in [2.05, 4.69) is 10.6 Å². The number of sulfone groups is 1. The van der Waals surface area contributed by atoms with Gasteiger partial charge in [0.15, 0.2) is 9.84 Å². The molecule has 8 nitrogen and oxygen atoms in total. The fourth-order valence-electron chi connectivity index (χ4n) is 3.56. The average Bonchev–Trinajstić information content (AvgIpc) is 2.86. The van der Waals surface area contributed by atoms with Crippen molar-refractivity contribution in [3.8, 4) is 11.1 Å². The van der Waals surface area contributed by atoms with E-state index in [1.54, 1.807) is 24.3 Å². The molecule has 0 amide bonds. The second kappa shape index (κ2) is 12.5. The number of benzene rings is 3. The Labute approximate surface area is 207 Å². The van der Waals surface area contributed by atoms with E-state index < -0.39 is 15.9 Å². The Kier molecular flexibility index (Phi) is 9.39. The number of aliphatic hydroxyl groups is 1. The van der Waals surface area contributed by atoms with E-state index in [4.69, 9.17) is 11.1 Å². The van der Waals surface area contributed by atoms with Gasteiger partial charge in [-0.2, -0.15) is 0 Å². The second-order valence-corrected chi connectivity index (χ2v) is 10.4. The van der Waals surface area contributed by atoms with E-state index in [-0.39, 0.29) is 16.6 Å². The Morgan fingerprint density at radius 1 is 1.00 bits per heavy atom. The smallest absolute Gasteiger partial charge is 0.191 e. The maximum absolute atomic E-state index is 12.6. The summed E-state index contributed by atoms with van der Waals surface area (Å²) >= 11 is 0. The first-order valence-electron chi connectivity index (χ1n) is 11.4. The lowest BCUT2D eigenvalue weighted by molar-refractivity contribution is 0.136. The van der Waals surface area contributed by atoms with E-state index in [1.165, 1.54) is 0 Å². The van der Waals surface area contributed by atoms with Crippen molar-refractivity contribution in [3.63, 3.8) is 0 Å². The fraction of sp³-hybridized carbons (Fsp3) is 0.269. The molecule has 35 heavy (non-hydrogen) atoms. The van der Waals surface area contributed by atoms with Crippen LogP contribution in [0.1, 0.15) is 5.56 Å². The summed E-state index contributed by atoms with van der Waals surface area (Å²) in [4.78, 5) is 2.23. The molecule has 0 aliphatic rings. The van der Waals surface area contributed by atoms with Crippen molar-refractivity contribution in [2.75, 3.05) is 44.4 Å². The normalized spacial score (nSPS) is 12.4. The van der Waals surface area contributed by atoms with Crippen molar-refractivity contribution in [2.45, 2.75) is 11.0 Å². The number of nitrogen functional groups attached to an aromatic ring is 1. The SMILES string of the molecule is CN(CCNCS(=O)(=O)c1ccc(-c2ccccc2)cc1)CC(O)CNc1ccc(C(=N)N)cc1. The number of hydrogen-bond donors (Lipinski definition) is 5. The van der Waals surface area contributed by atoms with Crippen molar-refractivity contribution in [3.05, 3.63) is 84.4 Å². The highest BCUT2D eigenvalue weighted by Gasteiger charge is 2.14. The highest BCUT2D eigenvalue weighted by atomic mass is 32.2. The van der Waals surface area contributed by atoms with Gasteiger partial charge in [-0.15, -0.1) is 0 Å². The Morgan fingerprint density at radius 2 is 1.63 bits per heavy atom. The molecule has 0 aliphatic heterocycles. The van der Waals surface area contributed by atoms with Crippen LogP contribution in [0.5, 0.6) is 0 Å². The molecule has 6 N–H and O–H groups in total. The van der Waals surface area contributed by atoms with Gasteiger partial charge in [0.2, 0.25) is 0 Å². The van der Waals surface area contributed by atoms with Gasteiger partial charge in [0.05, 0.1) is 11.0 Å². The summed E-state index contributed by atoms with van der Waals surface area (Å²) < 4.78 is 25.3. The van der Waals surface area contributed by atoms with Crippen LogP contribution in [0.15, 0.2) is 83.8 Å². The molecular formula is C26H33N5O3S. The summed E-state index contributed by atoms with van der Waals surface area (Å²) in [5.41, 5.74) is 8.94. The average molecular weight is 496 g/mol. The van der Waals surface area contributed by atoms with E-state index in [0.29, 0.717) is 31.7 Å². The van der Waals surface area contributed by atoms with Crippen molar-refractivity contribution in [2.24, 2.45) is 5.73 Å². The third-order valence-electron chi connectivity index (χ3n) is 5.54. The predicted molar refractivity (Wildman–Crippen MR) is 141 cm³/mol. The third kappa shape index (κ3) is 8.18. The molecule has 0 fully saturated rings. The van der Waals surface area contributed by atoms with E-state index in [0.717, 1.165) is 16.8 Å². The number of nitrogens with zero attached hydrogens (tertiary/aromatic N) is 1. The van der Waals surface area contributed by atoms with Crippen LogP contribution in [0.3, 0.4) is 0 Å². The maximum Gasteiger partial charge on any atom is 0.191 e. The lowest BCUT2D eigenvalue weighted by atomic mass is 10.1. The van der Waals surface area contributed by atoms with Crippen molar-refractivity contribution < 1.29 is 13.5 Å². The van der Waals surface area contributed by atoms with Gasteiger partial charge in [-0.05, 0) is 54.6 Å². The fourth-order valence-corrected chi connectivity index (χ4v) is 4.69. The van der Waals surface area contributed by atoms with Gasteiger partial charge in [0.1, 0.15) is 11.7 Å². The minimum Gasteiger partial charge on any atom is -0.390 e. The zero-order valence-electron chi connectivity index (χ0n) is 19.8. The van der Waals surface area contributed by atoms with Crippen molar-refractivity contribution in [1.82, 2.24) is 10.2 Å². The van der Waals surface area contributed by atoms with Crippen LogP contribution in [0.2, 0.25) is 0 Å². The van der Waals surface area contributed by atoms with Crippen LogP contribution >= 0.6 is 0 Å². The monoisotopic (exact) mass is 495 g/mol. The van der Waals surface area contributed by atoms with Crippen LogP contribution in [0.4, 0.5) is 5.69 Å². The van der Waals surface area contributed by atoms with Gasteiger partial charge < -0.3 is 26.4 Å². The zero-order chi connectivity index (χ0) is 25.3. The van der Waals surface area contributed by atoms with E-state index >= 15 is 0 Å². The molecule has 3 rings (SSSR count). The number of aliphatic hydroxyl groups excluding tert-OH is 1. The Hall–Kier alpha value is -3.24. The summed E-state index contributed by atoms with van der Waals surface area (Å²) in [5, 5.41) is 23.8. The van der Waals surface area contributed by atoms with Crippen LogP contribution in [-0.4, -0.2) is 69.5 Å². The first-order valence-corrected chi connectivity index (χ1v) is 13.0. The predicted octanol–water partition coefficient (Wildman–Crippen LogP) is 2.36. The molecule has 3 aromatic rings. The van der Waals surface area contributed by atoms with Crippen LogP contribution in [-0.2, 0) is 9.84 Å². The molecule has 0 bridgehead atoms. The molecule has 0 heterocycles. The quantitative estimate of drug-likeness (QED) is 0.140. The van der Waals surface area contributed by atoms with Crippen LogP contribution in [0, 0.1) is 5.41 Å². The number of likely N-dealkylation sites (N-methyl/N-ethyl adjacent to an activating group) is 1. The topological polar surface area (TPSA) is 132 Å². The number of rotatable bonds is 13. The molecule has 0 radical (unpaired) electrons. The van der Waals surface area contributed by atoms with Gasteiger partial charge in [-0.1, -0.05) is 42.5 Å². The molecule has 1 unspecified atom stereocenters. The summed E-state index contributed by atoms with van der Waals surface area (Å²) in [6, 6.07) is 23.9. The number of amidine groups is 1. The van der Waals surface area contributed by atoms with E-state index in [9.17, 15) is 13.5 Å². The highest BCUT2D eigenvalue weighted by molar-refractivity contribution is 7.91. The molecule has 3 aromatic carbocycles. The van der Waals surface area contributed by atoms with Gasteiger partial charge in [0, 0.05) is 37.4 Å². The molecule has 186 valence electrons. The van der Waals surface area contributed by atoms with Gasteiger partial charge in [0.25, 0.3) is 0 Å².